The summed E-state index contributed by atoms with van der Waals surface area (Å²) in [5, 5.41) is 14.3. The third-order valence-electron chi connectivity index (χ3n) is 2.02. The third kappa shape index (κ3) is 2.29. The Morgan fingerprint density at radius 1 is 1.47 bits per heavy atom. The maximum absolute atomic E-state index is 13.4. The van der Waals surface area contributed by atoms with Crippen LogP contribution < -0.4 is 5.32 Å². The standard InChI is InChI=1S/C11H6FN3O2/c12-8-5-7(6-13)1-2-9(8)14-11(16)10-3-4-17-15-10/h1-5H,(H,14,16). The Balaban J connectivity index is 2.20. The lowest BCUT2D eigenvalue weighted by atomic mass is 10.2. The van der Waals surface area contributed by atoms with Gasteiger partial charge in [-0.15, -0.1) is 0 Å². The highest BCUT2D eigenvalue weighted by Gasteiger charge is 2.12. The van der Waals surface area contributed by atoms with Gasteiger partial charge in [0.15, 0.2) is 5.69 Å². The highest BCUT2D eigenvalue weighted by molar-refractivity contribution is 6.02. The van der Waals surface area contributed by atoms with Gasteiger partial charge in [0.05, 0.1) is 17.3 Å². The summed E-state index contributed by atoms with van der Waals surface area (Å²) >= 11 is 0. The minimum atomic E-state index is -0.680. The Labute approximate surface area is 95.5 Å². The number of nitrogens with zero attached hydrogens (tertiary/aromatic N) is 2. The van der Waals surface area contributed by atoms with Gasteiger partial charge in [-0.05, 0) is 18.2 Å². The lowest BCUT2D eigenvalue weighted by Gasteiger charge is -2.04. The molecular formula is C11H6FN3O2. The van der Waals surface area contributed by atoms with Gasteiger partial charge in [0.25, 0.3) is 5.91 Å². The zero-order valence-electron chi connectivity index (χ0n) is 8.48. The number of rotatable bonds is 2. The van der Waals surface area contributed by atoms with Gasteiger partial charge in [0.2, 0.25) is 0 Å². The van der Waals surface area contributed by atoms with E-state index < -0.39 is 11.7 Å². The van der Waals surface area contributed by atoms with Gasteiger partial charge in [0, 0.05) is 6.07 Å². The van der Waals surface area contributed by atoms with Crippen molar-refractivity contribution in [2.45, 2.75) is 0 Å². The van der Waals surface area contributed by atoms with Crippen molar-refractivity contribution in [1.82, 2.24) is 5.16 Å². The van der Waals surface area contributed by atoms with Crippen molar-refractivity contribution in [3.8, 4) is 6.07 Å². The fourth-order valence-corrected chi connectivity index (χ4v) is 1.20. The average molecular weight is 231 g/mol. The minimum absolute atomic E-state index is 0.0167. The van der Waals surface area contributed by atoms with Crippen LogP contribution >= 0.6 is 0 Å². The molecule has 84 valence electrons. The Morgan fingerprint density at radius 2 is 2.29 bits per heavy atom. The number of nitriles is 1. The molecule has 1 aromatic carbocycles. The van der Waals surface area contributed by atoms with E-state index in [1.54, 1.807) is 6.07 Å². The van der Waals surface area contributed by atoms with Crippen LogP contribution in [0.5, 0.6) is 0 Å². The van der Waals surface area contributed by atoms with E-state index >= 15 is 0 Å². The number of anilines is 1. The summed E-state index contributed by atoms with van der Waals surface area (Å²) < 4.78 is 17.9. The molecule has 2 aromatic rings. The van der Waals surface area contributed by atoms with Gasteiger partial charge >= 0.3 is 0 Å². The number of benzene rings is 1. The first-order chi connectivity index (χ1) is 8.20. The molecule has 0 unspecified atom stereocenters. The highest BCUT2D eigenvalue weighted by Crippen LogP contribution is 2.16. The quantitative estimate of drug-likeness (QED) is 0.856. The lowest BCUT2D eigenvalue weighted by Crippen LogP contribution is -2.13. The van der Waals surface area contributed by atoms with Gasteiger partial charge < -0.3 is 9.84 Å². The molecule has 17 heavy (non-hydrogen) atoms. The van der Waals surface area contributed by atoms with Crippen LogP contribution in [-0.4, -0.2) is 11.1 Å². The van der Waals surface area contributed by atoms with Crippen LogP contribution in [0.25, 0.3) is 0 Å². The molecule has 1 amide bonds. The van der Waals surface area contributed by atoms with E-state index in [1.807, 2.05) is 0 Å². The number of hydrogen-bond donors (Lipinski definition) is 1. The highest BCUT2D eigenvalue weighted by atomic mass is 19.1. The van der Waals surface area contributed by atoms with Crippen LogP contribution in [0.1, 0.15) is 16.1 Å². The van der Waals surface area contributed by atoms with Crippen LogP contribution in [0.3, 0.4) is 0 Å². The third-order valence-corrected chi connectivity index (χ3v) is 2.02. The molecule has 0 radical (unpaired) electrons. The SMILES string of the molecule is N#Cc1ccc(NC(=O)c2ccon2)c(F)c1. The monoisotopic (exact) mass is 231 g/mol. The number of nitrogens with one attached hydrogen (secondary N) is 1. The van der Waals surface area contributed by atoms with Crippen LogP contribution in [0.2, 0.25) is 0 Å². The largest absolute Gasteiger partial charge is 0.364 e. The van der Waals surface area contributed by atoms with Crippen LogP contribution in [0.15, 0.2) is 35.1 Å². The molecule has 6 heteroatoms. The van der Waals surface area contributed by atoms with Gasteiger partial charge in [-0.25, -0.2) is 4.39 Å². The molecule has 0 atom stereocenters. The molecule has 0 bridgehead atoms. The van der Waals surface area contributed by atoms with Crippen molar-refractivity contribution in [3.05, 3.63) is 47.6 Å². The first kappa shape index (κ1) is 10.8. The van der Waals surface area contributed by atoms with E-state index in [9.17, 15) is 9.18 Å². The topological polar surface area (TPSA) is 78.9 Å². The first-order valence-electron chi connectivity index (χ1n) is 4.62. The normalized spacial score (nSPS) is 9.65. The molecule has 1 N–H and O–H groups in total. The number of amides is 1. The van der Waals surface area contributed by atoms with Crippen LogP contribution in [0, 0.1) is 17.1 Å². The van der Waals surface area contributed by atoms with Crippen molar-refractivity contribution >= 4 is 11.6 Å². The molecule has 0 saturated heterocycles. The molecule has 0 aliphatic carbocycles. The second kappa shape index (κ2) is 4.45. The Kier molecular flexibility index (Phi) is 2.83. The smallest absolute Gasteiger partial charge is 0.277 e. The first-order valence-corrected chi connectivity index (χ1v) is 4.62. The van der Waals surface area contributed by atoms with E-state index in [2.05, 4.69) is 15.0 Å². The predicted octanol–water partition coefficient (Wildman–Crippen LogP) is 1.94. The van der Waals surface area contributed by atoms with Gasteiger partial charge in [-0.2, -0.15) is 5.26 Å². The second-order valence-corrected chi connectivity index (χ2v) is 3.15. The van der Waals surface area contributed by atoms with E-state index in [-0.39, 0.29) is 16.9 Å². The maximum atomic E-state index is 13.4. The molecule has 2 rings (SSSR count). The van der Waals surface area contributed by atoms with Gasteiger partial charge in [0.1, 0.15) is 12.1 Å². The van der Waals surface area contributed by atoms with Gasteiger partial charge in [-0.1, -0.05) is 5.16 Å². The Hall–Kier alpha value is -2.68. The van der Waals surface area contributed by atoms with Crippen molar-refractivity contribution < 1.29 is 13.7 Å². The molecule has 0 aliphatic heterocycles. The van der Waals surface area contributed by atoms with Crippen LogP contribution in [-0.2, 0) is 0 Å². The average Bonchev–Trinajstić information content (AvgIpc) is 2.85. The maximum Gasteiger partial charge on any atom is 0.277 e. The number of halogens is 1. The zero-order valence-corrected chi connectivity index (χ0v) is 8.48. The summed E-state index contributed by atoms with van der Waals surface area (Å²) in [5.74, 6) is -1.26. The fourth-order valence-electron chi connectivity index (χ4n) is 1.20. The molecule has 0 spiro atoms. The number of hydrogen-bond acceptors (Lipinski definition) is 4. The molecule has 1 aromatic heterocycles. The fraction of sp³-hybridized carbons (Fsp3) is 0. The molecule has 5 nitrogen and oxygen atoms in total. The number of carbonyl (C=O) groups excluding carboxylic acids is 1. The van der Waals surface area contributed by atoms with E-state index in [0.717, 1.165) is 6.07 Å². The molecule has 1 heterocycles. The van der Waals surface area contributed by atoms with Crippen molar-refractivity contribution in [1.29, 1.82) is 5.26 Å². The summed E-state index contributed by atoms with van der Waals surface area (Å²) in [6.45, 7) is 0. The van der Waals surface area contributed by atoms with Crippen molar-refractivity contribution in [3.63, 3.8) is 0 Å². The zero-order chi connectivity index (χ0) is 12.3. The Bertz CT molecular complexity index is 587. The van der Waals surface area contributed by atoms with Crippen molar-refractivity contribution in [2.75, 3.05) is 5.32 Å². The van der Waals surface area contributed by atoms with E-state index in [0.29, 0.717) is 0 Å². The van der Waals surface area contributed by atoms with Gasteiger partial charge in [-0.3, -0.25) is 4.79 Å². The predicted molar refractivity (Wildman–Crippen MR) is 55.6 cm³/mol. The van der Waals surface area contributed by atoms with E-state index in [4.69, 9.17) is 5.26 Å². The lowest BCUT2D eigenvalue weighted by molar-refractivity contribution is 0.101. The number of carbonyl (C=O) groups is 1. The molecule has 0 aliphatic rings. The molecule has 0 saturated carbocycles. The van der Waals surface area contributed by atoms with E-state index in [1.165, 1.54) is 24.5 Å². The van der Waals surface area contributed by atoms with Crippen molar-refractivity contribution in [2.24, 2.45) is 0 Å². The second-order valence-electron chi connectivity index (χ2n) is 3.15. The Morgan fingerprint density at radius 3 is 2.88 bits per heavy atom. The molecule has 0 fully saturated rings. The summed E-state index contributed by atoms with van der Waals surface area (Å²) in [5.41, 5.74) is 0.215. The summed E-state index contributed by atoms with van der Waals surface area (Å²) in [7, 11) is 0. The summed E-state index contributed by atoms with van der Waals surface area (Å²) in [6.07, 6.45) is 1.24. The minimum Gasteiger partial charge on any atom is -0.364 e. The molecular weight excluding hydrogens is 225 g/mol. The summed E-state index contributed by atoms with van der Waals surface area (Å²) in [4.78, 5) is 11.5. The van der Waals surface area contributed by atoms with Crippen LogP contribution in [0.4, 0.5) is 10.1 Å². The number of aromatic nitrogens is 1. The summed E-state index contributed by atoms with van der Waals surface area (Å²) in [6, 6.07) is 6.91.